The fourth-order valence-electron chi connectivity index (χ4n) is 6.51. The number of allylic oxidation sites excluding steroid dienone is 2. The summed E-state index contributed by atoms with van der Waals surface area (Å²) in [5.74, 6) is -1.67. The van der Waals surface area contributed by atoms with Gasteiger partial charge in [0.1, 0.15) is 14.5 Å². The SMILES string of the molecule is CCN[C@@H]1C[C@@H](C)S(=O)(=O)c2sc(S(=O)(=O)NC(=O)CCC/C=C\C[C@@H]3[C@@H](/C=C/[C@@H](O)CCc4ccccc4)[C@H](OC(C)=O)C[C@@H]3O)cc21. The van der Waals surface area contributed by atoms with Gasteiger partial charge in [-0.2, -0.15) is 0 Å². The molecule has 49 heavy (non-hydrogen) atoms. The average molecular weight is 737 g/mol. The maximum absolute atomic E-state index is 13.0. The maximum atomic E-state index is 13.0. The Morgan fingerprint density at radius 1 is 1.16 bits per heavy atom. The number of amides is 1. The highest BCUT2D eigenvalue weighted by Gasteiger charge is 2.42. The first-order chi connectivity index (χ1) is 23.2. The van der Waals surface area contributed by atoms with Crippen molar-refractivity contribution in [3.05, 3.63) is 71.8 Å². The molecule has 1 amide bonds. The Bertz CT molecular complexity index is 1700. The predicted molar refractivity (Wildman–Crippen MR) is 188 cm³/mol. The zero-order valence-electron chi connectivity index (χ0n) is 28.2. The summed E-state index contributed by atoms with van der Waals surface area (Å²) in [5.41, 5.74) is 1.55. The molecule has 270 valence electrons. The molecule has 2 aromatic rings. The normalized spacial score (nSPS) is 25.7. The summed E-state index contributed by atoms with van der Waals surface area (Å²) in [7, 11) is -7.92. The molecule has 14 heteroatoms. The van der Waals surface area contributed by atoms with Crippen LogP contribution in [-0.2, 0) is 40.6 Å². The van der Waals surface area contributed by atoms with Gasteiger partial charge in [0.25, 0.3) is 10.0 Å². The molecule has 0 saturated heterocycles. The number of hydrogen-bond donors (Lipinski definition) is 4. The molecule has 2 aliphatic rings. The number of benzene rings is 1. The van der Waals surface area contributed by atoms with Gasteiger partial charge in [-0.15, -0.1) is 11.3 Å². The Hall–Kier alpha value is -2.88. The average Bonchev–Trinajstić information content (AvgIpc) is 3.62. The summed E-state index contributed by atoms with van der Waals surface area (Å²) < 4.78 is 59.2. The first kappa shape index (κ1) is 38.9. The van der Waals surface area contributed by atoms with Crippen LogP contribution in [0.3, 0.4) is 0 Å². The molecule has 7 atom stereocenters. The second-order valence-electron chi connectivity index (χ2n) is 12.8. The monoisotopic (exact) mass is 736 g/mol. The van der Waals surface area contributed by atoms with E-state index in [-0.39, 0.29) is 39.1 Å². The summed E-state index contributed by atoms with van der Waals surface area (Å²) in [4.78, 5) is 24.3. The Balaban J connectivity index is 1.29. The molecule has 1 aliphatic carbocycles. The van der Waals surface area contributed by atoms with E-state index in [1.54, 1.807) is 13.0 Å². The predicted octanol–water partition coefficient (Wildman–Crippen LogP) is 4.36. The van der Waals surface area contributed by atoms with Crippen molar-refractivity contribution in [2.24, 2.45) is 11.8 Å². The van der Waals surface area contributed by atoms with E-state index >= 15 is 0 Å². The van der Waals surface area contributed by atoms with Crippen LogP contribution < -0.4 is 10.0 Å². The van der Waals surface area contributed by atoms with E-state index in [4.69, 9.17) is 4.74 Å². The van der Waals surface area contributed by atoms with Crippen molar-refractivity contribution < 1.29 is 41.4 Å². The van der Waals surface area contributed by atoms with Crippen molar-refractivity contribution >= 4 is 43.1 Å². The van der Waals surface area contributed by atoms with Crippen molar-refractivity contribution in [1.82, 2.24) is 10.0 Å². The van der Waals surface area contributed by atoms with Crippen LogP contribution >= 0.6 is 11.3 Å². The second kappa shape index (κ2) is 17.4. The molecule has 0 radical (unpaired) electrons. The molecule has 4 N–H and O–H groups in total. The first-order valence-electron chi connectivity index (χ1n) is 16.8. The standard InChI is InChI=1S/C35H48N2O9S3/c1-4-36-30-20-23(2)48(42,43)35-29(30)21-34(47-35)49(44,45)37-33(41)15-11-6-5-10-14-27-28(32(22-31(27)40)46-24(3)38)19-18-26(39)17-16-25-12-8-7-9-13-25/h5,7-10,12-13,18-19,21,23,26-28,30-32,36,39-40H,4,6,11,14-17,20,22H2,1-3H3,(H,37,41)/b10-5-,19-18+/t23-,26+,27-,28-,30-,31+,32-/m1/s1. The van der Waals surface area contributed by atoms with Crippen molar-refractivity contribution in [2.75, 3.05) is 6.54 Å². The Labute approximate surface area is 293 Å². The van der Waals surface area contributed by atoms with Gasteiger partial charge in [0.15, 0.2) is 9.84 Å². The number of aryl methyl sites for hydroxylation is 1. The fourth-order valence-corrected chi connectivity index (χ4v) is 11.5. The van der Waals surface area contributed by atoms with Gasteiger partial charge in [0.2, 0.25) is 5.91 Å². The summed E-state index contributed by atoms with van der Waals surface area (Å²) in [5, 5.41) is 23.9. The fraction of sp³-hybridized carbons (Fsp3) is 0.543. The summed E-state index contributed by atoms with van der Waals surface area (Å²) in [6.07, 6.45) is 8.51. The molecule has 1 saturated carbocycles. The van der Waals surface area contributed by atoms with Crippen LogP contribution in [0.1, 0.15) is 82.9 Å². The third-order valence-electron chi connectivity index (χ3n) is 9.08. The molecule has 11 nitrogen and oxygen atoms in total. The Kier molecular flexibility index (Phi) is 13.8. The number of esters is 1. The van der Waals surface area contributed by atoms with Crippen molar-refractivity contribution in [2.45, 2.75) is 110 Å². The van der Waals surface area contributed by atoms with Gasteiger partial charge in [-0.1, -0.05) is 61.6 Å². The van der Waals surface area contributed by atoms with Crippen LogP contribution in [-0.4, -0.2) is 69.0 Å². The number of unbranched alkanes of at least 4 members (excludes halogenated alkanes) is 1. The maximum Gasteiger partial charge on any atom is 0.302 e. The molecule has 2 heterocycles. The number of hydrogen-bond acceptors (Lipinski definition) is 11. The van der Waals surface area contributed by atoms with Crippen molar-refractivity contribution in [3.63, 3.8) is 0 Å². The van der Waals surface area contributed by atoms with Crippen LogP contribution in [0.15, 0.2) is 69.1 Å². The largest absolute Gasteiger partial charge is 0.462 e. The number of aliphatic hydroxyl groups is 2. The second-order valence-corrected chi connectivity index (χ2v) is 18.3. The van der Waals surface area contributed by atoms with E-state index in [2.05, 4.69) is 10.0 Å². The third kappa shape index (κ3) is 10.3. The number of aliphatic hydroxyl groups excluding tert-OH is 2. The van der Waals surface area contributed by atoms with E-state index in [1.165, 1.54) is 13.0 Å². The van der Waals surface area contributed by atoms with Crippen molar-refractivity contribution in [3.8, 4) is 0 Å². The third-order valence-corrected chi connectivity index (χ3v) is 14.8. The molecular formula is C35H48N2O9S3. The number of sulfonamides is 1. The number of rotatable bonds is 16. The number of carbonyl (C=O) groups excluding carboxylic acids is 2. The molecule has 0 spiro atoms. The Morgan fingerprint density at radius 3 is 2.59 bits per heavy atom. The zero-order valence-corrected chi connectivity index (χ0v) is 30.6. The summed E-state index contributed by atoms with van der Waals surface area (Å²) in [6.45, 7) is 5.42. The molecule has 0 unspecified atom stereocenters. The quantitative estimate of drug-likeness (QED) is 0.110. The van der Waals surface area contributed by atoms with E-state index in [0.29, 0.717) is 62.0 Å². The minimum absolute atomic E-state index is 0.0266. The van der Waals surface area contributed by atoms with Crippen LogP contribution in [0.4, 0.5) is 0 Å². The van der Waals surface area contributed by atoms with Gasteiger partial charge in [-0.05, 0) is 69.5 Å². The lowest BCUT2D eigenvalue weighted by Crippen LogP contribution is -2.33. The van der Waals surface area contributed by atoms with E-state index in [1.807, 2.05) is 55.5 Å². The molecular weight excluding hydrogens is 689 g/mol. The number of ether oxygens (including phenoxy) is 1. The van der Waals surface area contributed by atoms with Gasteiger partial charge in [0, 0.05) is 37.3 Å². The minimum Gasteiger partial charge on any atom is -0.462 e. The van der Waals surface area contributed by atoms with Crippen LogP contribution in [0.25, 0.3) is 0 Å². The zero-order chi connectivity index (χ0) is 35.8. The van der Waals surface area contributed by atoms with Gasteiger partial charge < -0.3 is 20.3 Å². The number of sulfone groups is 1. The van der Waals surface area contributed by atoms with Gasteiger partial charge in [-0.3, -0.25) is 9.59 Å². The lowest BCUT2D eigenvalue weighted by Gasteiger charge is -2.27. The lowest BCUT2D eigenvalue weighted by molar-refractivity contribution is -0.147. The smallest absolute Gasteiger partial charge is 0.302 e. The van der Waals surface area contributed by atoms with E-state index in [0.717, 1.165) is 5.56 Å². The molecule has 4 rings (SSSR count). The Morgan fingerprint density at radius 2 is 1.90 bits per heavy atom. The van der Waals surface area contributed by atoms with Gasteiger partial charge >= 0.3 is 5.97 Å². The summed E-state index contributed by atoms with van der Waals surface area (Å²) >= 11 is 0.673. The van der Waals surface area contributed by atoms with Gasteiger partial charge in [0.05, 0.1) is 17.5 Å². The highest BCUT2D eigenvalue weighted by atomic mass is 32.3. The number of nitrogens with one attached hydrogen (secondary N) is 2. The number of fused-ring (bicyclic) bond motifs is 1. The first-order valence-corrected chi connectivity index (χ1v) is 20.6. The number of thiophene rings is 1. The molecule has 1 aromatic carbocycles. The molecule has 1 aliphatic heterocycles. The molecule has 1 aromatic heterocycles. The van der Waals surface area contributed by atoms with Crippen LogP contribution in [0, 0.1) is 11.8 Å². The minimum atomic E-state index is -4.25. The lowest BCUT2D eigenvalue weighted by atomic mass is 9.89. The number of carbonyl (C=O) groups is 2. The summed E-state index contributed by atoms with van der Waals surface area (Å²) in [6, 6.07) is 10.9. The topological polar surface area (TPSA) is 176 Å². The molecule has 1 fully saturated rings. The van der Waals surface area contributed by atoms with Crippen LogP contribution in [0.5, 0.6) is 0 Å². The van der Waals surface area contributed by atoms with Crippen LogP contribution in [0.2, 0.25) is 0 Å². The van der Waals surface area contributed by atoms with E-state index < -0.39 is 55.3 Å². The highest BCUT2D eigenvalue weighted by Crippen LogP contribution is 2.43. The van der Waals surface area contributed by atoms with Crippen molar-refractivity contribution in [1.29, 1.82) is 0 Å². The highest BCUT2D eigenvalue weighted by molar-refractivity contribution is 7.95. The van der Waals surface area contributed by atoms with Gasteiger partial charge in [-0.25, -0.2) is 21.6 Å². The molecule has 0 bridgehead atoms. The van der Waals surface area contributed by atoms with E-state index in [9.17, 15) is 36.6 Å².